The number of pyridine rings is 1. The van der Waals surface area contributed by atoms with Gasteiger partial charge in [0.15, 0.2) is 5.65 Å². The Morgan fingerprint density at radius 2 is 2.00 bits per heavy atom. The van der Waals surface area contributed by atoms with E-state index in [1.54, 1.807) is 22.7 Å². The average molecular weight is 355 g/mol. The van der Waals surface area contributed by atoms with E-state index in [9.17, 15) is 14.3 Å². The second-order valence-corrected chi connectivity index (χ2v) is 6.49. The average Bonchev–Trinajstić information content (AvgIpc) is 2.88. The Hall–Kier alpha value is -2.89. The lowest BCUT2D eigenvalue weighted by Crippen LogP contribution is -2.09. The molecule has 0 radical (unpaired) electrons. The molecule has 0 saturated heterocycles. The first-order valence-electron chi connectivity index (χ1n) is 8.56. The number of aromatic nitrogens is 2. The molecule has 6 heteroatoms. The van der Waals surface area contributed by atoms with Crippen molar-refractivity contribution in [2.45, 2.75) is 40.7 Å². The van der Waals surface area contributed by atoms with Crippen LogP contribution in [0.25, 0.3) is 5.65 Å². The number of benzene rings is 1. The summed E-state index contributed by atoms with van der Waals surface area (Å²) < 4.78 is 15.4. The largest absolute Gasteiger partial charge is 0.478 e. The van der Waals surface area contributed by atoms with Crippen molar-refractivity contribution in [2.24, 2.45) is 0 Å². The molecule has 3 aromatic rings. The van der Waals surface area contributed by atoms with Gasteiger partial charge in [-0.25, -0.2) is 14.2 Å². The minimum absolute atomic E-state index is 0.187. The molecule has 136 valence electrons. The smallest absolute Gasteiger partial charge is 0.337 e. The third-order valence-electron chi connectivity index (χ3n) is 4.81. The molecule has 0 aliphatic carbocycles. The van der Waals surface area contributed by atoms with Crippen molar-refractivity contribution in [3.8, 4) is 0 Å². The number of nitrogens with one attached hydrogen (secondary N) is 1. The van der Waals surface area contributed by atoms with Crippen molar-refractivity contribution in [1.29, 1.82) is 0 Å². The number of carboxylic acid groups (broad SMARTS) is 1. The maximum atomic E-state index is 13.7. The molecule has 0 bridgehead atoms. The summed E-state index contributed by atoms with van der Waals surface area (Å²) in [7, 11) is 0. The number of anilines is 1. The number of imidazole rings is 1. The lowest BCUT2D eigenvalue weighted by Gasteiger charge is -2.15. The van der Waals surface area contributed by atoms with Crippen molar-refractivity contribution in [1.82, 2.24) is 9.38 Å². The number of aromatic carboxylic acids is 1. The maximum Gasteiger partial charge on any atom is 0.337 e. The Balaban J connectivity index is 2.04. The molecule has 2 heterocycles. The third-order valence-corrected chi connectivity index (χ3v) is 4.81. The number of aryl methyl sites for hydroxylation is 4. The number of halogens is 1. The molecule has 0 spiro atoms. The van der Waals surface area contributed by atoms with E-state index < -0.39 is 5.97 Å². The summed E-state index contributed by atoms with van der Waals surface area (Å²) in [6.45, 7) is 8.14. The van der Waals surface area contributed by atoms with Crippen molar-refractivity contribution >= 4 is 17.3 Å². The van der Waals surface area contributed by atoms with E-state index in [0.29, 0.717) is 17.9 Å². The van der Waals surface area contributed by atoms with E-state index in [1.165, 1.54) is 6.07 Å². The second kappa shape index (κ2) is 6.78. The fourth-order valence-electron chi connectivity index (χ4n) is 3.21. The normalized spacial score (nSPS) is 11.1. The lowest BCUT2D eigenvalue weighted by atomic mass is 9.99. The van der Waals surface area contributed by atoms with Crippen LogP contribution in [0.5, 0.6) is 0 Å². The SMILES string of the molecule is CCc1cc(F)cc(C)c1CNc1cc(C(=O)O)cn2c(C)c(C)nc12. The number of fused-ring (bicyclic) bond motifs is 1. The highest BCUT2D eigenvalue weighted by Gasteiger charge is 2.15. The molecule has 0 saturated carbocycles. The molecule has 26 heavy (non-hydrogen) atoms. The monoisotopic (exact) mass is 355 g/mol. The highest BCUT2D eigenvalue weighted by atomic mass is 19.1. The number of nitrogens with zero attached hydrogens (tertiary/aromatic N) is 2. The zero-order chi connectivity index (χ0) is 19.0. The molecule has 0 aliphatic heterocycles. The van der Waals surface area contributed by atoms with Gasteiger partial charge in [-0.2, -0.15) is 0 Å². The van der Waals surface area contributed by atoms with Gasteiger partial charge in [0.25, 0.3) is 0 Å². The Kier molecular flexibility index (Phi) is 4.68. The number of hydrogen-bond acceptors (Lipinski definition) is 3. The van der Waals surface area contributed by atoms with Gasteiger partial charge in [0, 0.05) is 18.4 Å². The zero-order valence-corrected chi connectivity index (χ0v) is 15.4. The molecule has 5 nitrogen and oxygen atoms in total. The van der Waals surface area contributed by atoms with Crippen molar-refractivity contribution < 1.29 is 14.3 Å². The lowest BCUT2D eigenvalue weighted by molar-refractivity contribution is 0.0696. The summed E-state index contributed by atoms with van der Waals surface area (Å²) in [5.74, 6) is -1.23. The summed E-state index contributed by atoms with van der Waals surface area (Å²) in [6.07, 6.45) is 2.31. The molecular weight excluding hydrogens is 333 g/mol. The summed E-state index contributed by atoms with van der Waals surface area (Å²) in [6, 6.07) is 4.66. The number of hydrogen-bond donors (Lipinski definition) is 2. The molecule has 0 amide bonds. The van der Waals surface area contributed by atoms with E-state index in [-0.39, 0.29) is 11.4 Å². The molecule has 0 atom stereocenters. The third kappa shape index (κ3) is 3.14. The van der Waals surface area contributed by atoms with Gasteiger partial charge in [0.1, 0.15) is 5.82 Å². The van der Waals surface area contributed by atoms with Gasteiger partial charge < -0.3 is 14.8 Å². The summed E-state index contributed by atoms with van der Waals surface area (Å²) in [5, 5.41) is 12.7. The fraction of sp³-hybridized carbons (Fsp3) is 0.300. The first kappa shape index (κ1) is 17.9. The molecule has 0 unspecified atom stereocenters. The topological polar surface area (TPSA) is 66.6 Å². The highest BCUT2D eigenvalue weighted by molar-refractivity contribution is 5.90. The van der Waals surface area contributed by atoms with E-state index >= 15 is 0 Å². The molecule has 3 rings (SSSR count). The van der Waals surface area contributed by atoms with Crippen molar-refractivity contribution in [3.05, 3.63) is 63.9 Å². The fourth-order valence-corrected chi connectivity index (χ4v) is 3.21. The van der Waals surface area contributed by atoms with Gasteiger partial charge in [-0.15, -0.1) is 0 Å². The van der Waals surface area contributed by atoms with Crippen LogP contribution in [0, 0.1) is 26.6 Å². The minimum Gasteiger partial charge on any atom is -0.478 e. The summed E-state index contributed by atoms with van der Waals surface area (Å²) in [5.41, 5.74) is 6.10. The Labute approximate surface area is 151 Å². The van der Waals surface area contributed by atoms with Gasteiger partial charge in [0.2, 0.25) is 0 Å². The quantitative estimate of drug-likeness (QED) is 0.717. The first-order valence-corrected chi connectivity index (χ1v) is 8.56. The van der Waals surface area contributed by atoms with Gasteiger partial charge >= 0.3 is 5.97 Å². The van der Waals surface area contributed by atoms with Gasteiger partial charge in [-0.05, 0) is 62.1 Å². The Morgan fingerprint density at radius 3 is 2.65 bits per heavy atom. The minimum atomic E-state index is -0.993. The van der Waals surface area contributed by atoms with E-state index in [1.807, 2.05) is 27.7 Å². The predicted molar refractivity (Wildman–Crippen MR) is 99.5 cm³/mol. The highest BCUT2D eigenvalue weighted by Crippen LogP contribution is 2.24. The van der Waals surface area contributed by atoms with E-state index in [0.717, 1.165) is 34.5 Å². The van der Waals surface area contributed by atoms with Gasteiger partial charge in [0.05, 0.1) is 16.9 Å². The zero-order valence-electron chi connectivity index (χ0n) is 15.4. The van der Waals surface area contributed by atoms with Crippen molar-refractivity contribution in [2.75, 3.05) is 5.32 Å². The van der Waals surface area contributed by atoms with E-state index in [2.05, 4.69) is 10.3 Å². The van der Waals surface area contributed by atoms with Crippen LogP contribution in [-0.4, -0.2) is 20.5 Å². The molecule has 1 aromatic carbocycles. The number of carboxylic acids is 1. The molecular formula is C20H22FN3O2. The summed E-state index contributed by atoms with van der Waals surface area (Å²) >= 11 is 0. The van der Waals surface area contributed by atoms with Gasteiger partial charge in [-0.1, -0.05) is 6.92 Å². The standard InChI is InChI=1S/C20H22FN3O2/c1-5-14-7-16(21)6-11(2)17(14)9-22-18-8-15(20(25)26)10-24-13(4)12(3)23-19(18)24/h6-8,10,22H,5,9H2,1-4H3,(H,25,26). The van der Waals surface area contributed by atoms with Crippen LogP contribution < -0.4 is 5.32 Å². The number of carbonyl (C=O) groups is 1. The second-order valence-electron chi connectivity index (χ2n) is 6.49. The van der Waals surface area contributed by atoms with E-state index in [4.69, 9.17) is 0 Å². The molecule has 2 aromatic heterocycles. The first-order chi connectivity index (χ1) is 12.3. The van der Waals surface area contributed by atoms with Crippen LogP contribution in [0.1, 0.15) is 45.4 Å². The Bertz CT molecular complexity index is 1010. The maximum absolute atomic E-state index is 13.7. The molecule has 2 N–H and O–H groups in total. The Morgan fingerprint density at radius 1 is 1.27 bits per heavy atom. The molecule has 0 aliphatic rings. The van der Waals surface area contributed by atoms with Crippen molar-refractivity contribution in [3.63, 3.8) is 0 Å². The van der Waals surface area contributed by atoms with Crippen LogP contribution in [-0.2, 0) is 13.0 Å². The van der Waals surface area contributed by atoms with Crippen LogP contribution in [0.15, 0.2) is 24.4 Å². The molecule has 0 fully saturated rings. The van der Waals surface area contributed by atoms with Crippen LogP contribution in [0.4, 0.5) is 10.1 Å². The predicted octanol–water partition coefficient (Wildman–Crippen LogP) is 4.27. The summed E-state index contributed by atoms with van der Waals surface area (Å²) in [4.78, 5) is 16.0. The van der Waals surface area contributed by atoms with Gasteiger partial charge in [-0.3, -0.25) is 0 Å². The number of rotatable bonds is 5. The van der Waals surface area contributed by atoms with Crippen LogP contribution >= 0.6 is 0 Å². The van der Waals surface area contributed by atoms with Crippen LogP contribution in [0.3, 0.4) is 0 Å². The van der Waals surface area contributed by atoms with Crippen LogP contribution in [0.2, 0.25) is 0 Å².